The van der Waals surface area contributed by atoms with Crippen molar-refractivity contribution in [3.8, 4) is 17.1 Å². The number of hydrogen-bond donors (Lipinski definition) is 0. The minimum Gasteiger partial charge on any atom is -0.307 e. The van der Waals surface area contributed by atoms with Crippen molar-refractivity contribution in [3.05, 3.63) is 176 Å². The second-order valence-electron chi connectivity index (χ2n) is 13.7. The predicted octanol–water partition coefficient (Wildman–Crippen LogP) is 13.3. The first-order valence-electron chi connectivity index (χ1n) is 17.8. The van der Waals surface area contributed by atoms with Crippen LogP contribution in [0.15, 0.2) is 176 Å². The highest BCUT2D eigenvalue weighted by molar-refractivity contribution is 7.25. The molecule has 0 saturated heterocycles. The number of para-hydroxylation sites is 4. The maximum absolute atomic E-state index is 2.58. The Kier molecular flexibility index (Phi) is 5.65. The van der Waals surface area contributed by atoms with Crippen LogP contribution in [0.4, 0.5) is 0 Å². The van der Waals surface area contributed by atoms with Crippen LogP contribution in [0.3, 0.4) is 0 Å². The van der Waals surface area contributed by atoms with E-state index < -0.39 is 0 Å². The van der Waals surface area contributed by atoms with Crippen molar-refractivity contribution in [2.75, 3.05) is 0 Å². The van der Waals surface area contributed by atoms with Crippen molar-refractivity contribution >= 4 is 96.9 Å². The first kappa shape index (κ1) is 28.1. The number of benzene rings is 8. The Bertz CT molecular complexity index is 3220. The Hall–Kier alpha value is -6.62. The summed E-state index contributed by atoms with van der Waals surface area (Å²) < 4.78 is 10.1. The average Bonchev–Trinajstić information content (AvgIpc) is 3.94. The molecule has 0 saturated carbocycles. The van der Waals surface area contributed by atoms with Gasteiger partial charge in [-0.25, -0.2) is 0 Å². The highest BCUT2D eigenvalue weighted by atomic mass is 32.1. The molecule has 4 heteroatoms. The lowest BCUT2D eigenvalue weighted by Crippen LogP contribution is -2.00. The summed E-state index contributed by atoms with van der Waals surface area (Å²) >= 11 is 1.88. The van der Waals surface area contributed by atoms with E-state index in [9.17, 15) is 0 Å². The summed E-state index contributed by atoms with van der Waals surface area (Å²) in [6.07, 6.45) is 0. The van der Waals surface area contributed by atoms with Gasteiger partial charge in [0.1, 0.15) is 0 Å². The van der Waals surface area contributed by atoms with Gasteiger partial charge in [-0.1, -0.05) is 121 Å². The van der Waals surface area contributed by atoms with Gasteiger partial charge in [0.25, 0.3) is 0 Å². The molecular weight excluding hydrogens is 651 g/mol. The van der Waals surface area contributed by atoms with Gasteiger partial charge in [0.05, 0.1) is 33.1 Å². The first-order chi connectivity index (χ1) is 25.8. The van der Waals surface area contributed by atoms with Crippen LogP contribution in [0.25, 0.3) is 103 Å². The van der Waals surface area contributed by atoms with Crippen LogP contribution in [0.5, 0.6) is 0 Å². The molecule has 3 nitrogen and oxygen atoms in total. The molecule has 12 aromatic rings. The van der Waals surface area contributed by atoms with Gasteiger partial charge in [0.2, 0.25) is 0 Å². The average molecular weight is 680 g/mol. The van der Waals surface area contributed by atoms with E-state index in [0.29, 0.717) is 0 Å². The topological polar surface area (TPSA) is 14.8 Å². The van der Waals surface area contributed by atoms with Gasteiger partial charge < -0.3 is 13.7 Å². The predicted molar refractivity (Wildman–Crippen MR) is 222 cm³/mol. The second-order valence-corrected chi connectivity index (χ2v) is 14.8. The highest BCUT2D eigenvalue weighted by Crippen LogP contribution is 2.46. The summed E-state index contributed by atoms with van der Waals surface area (Å²) in [5, 5.41) is 10.1. The molecule has 0 amide bonds. The minimum absolute atomic E-state index is 1.15. The van der Waals surface area contributed by atoms with Crippen LogP contribution in [0.2, 0.25) is 0 Å². The monoisotopic (exact) mass is 679 g/mol. The fourth-order valence-corrected chi connectivity index (χ4v) is 10.0. The molecule has 0 bridgehead atoms. The fraction of sp³-hybridized carbons (Fsp3) is 0. The maximum atomic E-state index is 2.58. The quantitative estimate of drug-likeness (QED) is 0.177. The van der Waals surface area contributed by atoms with Crippen LogP contribution in [-0.4, -0.2) is 13.7 Å². The van der Waals surface area contributed by atoms with Crippen molar-refractivity contribution in [1.29, 1.82) is 0 Å². The van der Waals surface area contributed by atoms with E-state index in [1.165, 1.54) is 85.6 Å². The molecule has 242 valence electrons. The molecule has 0 N–H and O–H groups in total. The van der Waals surface area contributed by atoms with E-state index >= 15 is 0 Å². The molecule has 0 atom stereocenters. The summed E-state index contributed by atoms with van der Waals surface area (Å²) in [6, 6.07) is 64.6. The van der Waals surface area contributed by atoms with Crippen molar-refractivity contribution in [3.63, 3.8) is 0 Å². The molecule has 52 heavy (non-hydrogen) atoms. The van der Waals surface area contributed by atoms with E-state index in [1.807, 2.05) is 11.3 Å². The Morgan fingerprint density at radius 1 is 0.269 bits per heavy atom. The van der Waals surface area contributed by atoms with Gasteiger partial charge in [-0.15, -0.1) is 11.3 Å². The van der Waals surface area contributed by atoms with Crippen molar-refractivity contribution in [2.24, 2.45) is 0 Å². The first-order valence-corrected chi connectivity index (χ1v) is 18.6. The molecule has 12 rings (SSSR count). The van der Waals surface area contributed by atoms with E-state index in [2.05, 4.69) is 190 Å². The Labute approximate surface area is 302 Å². The number of thiophene rings is 1. The molecule has 0 radical (unpaired) electrons. The zero-order chi connectivity index (χ0) is 33.9. The summed E-state index contributed by atoms with van der Waals surface area (Å²) in [4.78, 5) is 0. The van der Waals surface area contributed by atoms with E-state index in [4.69, 9.17) is 0 Å². The molecule has 0 spiro atoms. The molecule has 0 fully saturated rings. The third-order valence-corrected chi connectivity index (χ3v) is 12.1. The summed E-state index contributed by atoms with van der Waals surface area (Å²) in [5.74, 6) is 0. The maximum Gasteiger partial charge on any atom is 0.0789 e. The minimum atomic E-state index is 1.15. The van der Waals surface area contributed by atoms with Gasteiger partial charge in [0, 0.05) is 69.6 Å². The summed E-state index contributed by atoms with van der Waals surface area (Å²) in [6.45, 7) is 0. The van der Waals surface area contributed by atoms with E-state index in [1.54, 1.807) is 0 Å². The fourth-order valence-electron chi connectivity index (χ4n) is 8.88. The molecule has 8 aromatic carbocycles. The van der Waals surface area contributed by atoms with E-state index in [0.717, 1.165) is 17.1 Å². The van der Waals surface area contributed by atoms with Crippen LogP contribution >= 0.6 is 11.3 Å². The van der Waals surface area contributed by atoms with Gasteiger partial charge in [-0.3, -0.25) is 0 Å². The normalized spacial score (nSPS) is 12.2. The second kappa shape index (κ2) is 10.5. The zero-order valence-corrected chi connectivity index (χ0v) is 28.8. The summed E-state index contributed by atoms with van der Waals surface area (Å²) in [7, 11) is 0. The third kappa shape index (κ3) is 3.69. The van der Waals surface area contributed by atoms with Gasteiger partial charge in [-0.05, 0) is 54.6 Å². The standard InChI is InChI=1S/C48H29N3S/c1-3-13-30(14-4-1)49-41-20-10-7-17-33(41)37-25-27-39-40-28-26-38-34-18-8-11-21-42(34)50(31-15-5-2-6-16-31)46(38)48(40)51(47(39)45(37)49)32-23-24-36-35-19-9-12-22-43(35)52-44(36)29-32/h1-29H. The van der Waals surface area contributed by atoms with Gasteiger partial charge in [0.15, 0.2) is 0 Å². The lowest BCUT2D eigenvalue weighted by atomic mass is 10.1. The summed E-state index contributed by atoms with van der Waals surface area (Å²) in [5.41, 5.74) is 10.7. The molecule has 0 aliphatic carbocycles. The molecule has 4 aromatic heterocycles. The molecule has 0 unspecified atom stereocenters. The lowest BCUT2D eigenvalue weighted by molar-refractivity contribution is 1.14. The highest BCUT2D eigenvalue weighted by Gasteiger charge is 2.25. The Morgan fingerprint density at radius 2 is 0.673 bits per heavy atom. The molecule has 4 heterocycles. The number of hydrogen-bond acceptors (Lipinski definition) is 1. The zero-order valence-electron chi connectivity index (χ0n) is 28.0. The van der Waals surface area contributed by atoms with Crippen molar-refractivity contribution in [1.82, 2.24) is 13.7 Å². The lowest BCUT2D eigenvalue weighted by Gasteiger charge is -2.14. The number of aromatic nitrogens is 3. The Balaban J connectivity index is 1.36. The van der Waals surface area contributed by atoms with Crippen LogP contribution in [0, 0.1) is 0 Å². The van der Waals surface area contributed by atoms with Crippen LogP contribution < -0.4 is 0 Å². The van der Waals surface area contributed by atoms with Crippen molar-refractivity contribution < 1.29 is 0 Å². The third-order valence-electron chi connectivity index (χ3n) is 11.0. The van der Waals surface area contributed by atoms with Gasteiger partial charge >= 0.3 is 0 Å². The van der Waals surface area contributed by atoms with Crippen LogP contribution in [-0.2, 0) is 0 Å². The van der Waals surface area contributed by atoms with Gasteiger partial charge in [-0.2, -0.15) is 0 Å². The SMILES string of the molecule is c1ccc(-n2c3ccccc3c3ccc4c5ccc6c7ccccc7n(-c7ccccc7)c6c5n(-c5ccc6c(c5)sc5ccccc56)c4c32)cc1. The Morgan fingerprint density at radius 3 is 1.23 bits per heavy atom. The van der Waals surface area contributed by atoms with Crippen molar-refractivity contribution in [2.45, 2.75) is 0 Å². The molecule has 0 aliphatic rings. The molecule has 0 aliphatic heterocycles. The largest absolute Gasteiger partial charge is 0.307 e. The van der Waals surface area contributed by atoms with E-state index in [-0.39, 0.29) is 0 Å². The smallest absolute Gasteiger partial charge is 0.0789 e. The number of rotatable bonds is 3. The molecular formula is C48H29N3S. The number of nitrogens with zero attached hydrogens (tertiary/aromatic N) is 3. The van der Waals surface area contributed by atoms with Crippen LogP contribution in [0.1, 0.15) is 0 Å². The number of fused-ring (bicyclic) bond motifs is 14.